The molecule has 0 bridgehead atoms. The highest BCUT2D eigenvalue weighted by Gasteiger charge is 2.26. The van der Waals surface area contributed by atoms with Crippen molar-refractivity contribution in [2.75, 3.05) is 12.8 Å². The molecule has 0 saturated heterocycles. The summed E-state index contributed by atoms with van der Waals surface area (Å²) in [6.45, 7) is 0. The number of hydrogen-bond acceptors (Lipinski definition) is 6. The minimum Gasteiger partial charge on any atom is -0.497 e. The number of benzene rings is 1. The lowest BCUT2D eigenvalue weighted by Crippen LogP contribution is -2.38. The van der Waals surface area contributed by atoms with Crippen molar-refractivity contribution in [1.29, 1.82) is 0 Å². The van der Waals surface area contributed by atoms with Crippen LogP contribution >= 0.6 is 11.6 Å². The second-order valence-electron chi connectivity index (χ2n) is 6.91. The van der Waals surface area contributed by atoms with E-state index in [-0.39, 0.29) is 29.1 Å². The van der Waals surface area contributed by atoms with E-state index >= 15 is 0 Å². The summed E-state index contributed by atoms with van der Waals surface area (Å²) >= 11 is 5.95. The van der Waals surface area contributed by atoms with Crippen LogP contribution in [-0.4, -0.2) is 38.6 Å². The van der Waals surface area contributed by atoms with Gasteiger partial charge in [0.05, 0.1) is 13.4 Å². The number of hydrogen-bond donors (Lipinski definition) is 2. The van der Waals surface area contributed by atoms with Gasteiger partial charge in [-0.15, -0.1) is 0 Å². The summed E-state index contributed by atoms with van der Waals surface area (Å²) in [7, 11) is 1.59. The van der Waals surface area contributed by atoms with Gasteiger partial charge in [-0.3, -0.25) is 4.79 Å². The number of amides is 1. The Labute approximate surface area is 167 Å². The number of methoxy groups -OCH3 is 1. The van der Waals surface area contributed by atoms with Crippen LogP contribution in [0.4, 0.5) is 5.82 Å². The molecule has 4 rings (SSSR count). The van der Waals surface area contributed by atoms with Gasteiger partial charge < -0.3 is 20.4 Å². The van der Waals surface area contributed by atoms with Gasteiger partial charge in [0, 0.05) is 17.6 Å². The topological polar surface area (TPSA) is 108 Å². The third-order valence-electron chi connectivity index (χ3n) is 5.18. The van der Waals surface area contributed by atoms with Crippen LogP contribution in [0.1, 0.15) is 42.1 Å². The van der Waals surface area contributed by atoms with Crippen molar-refractivity contribution >= 4 is 34.5 Å². The Balaban J connectivity index is 1.42. The van der Waals surface area contributed by atoms with Gasteiger partial charge in [0.25, 0.3) is 5.91 Å². The van der Waals surface area contributed by atoms with Gasteiger partial charge in [-0.2, -0.15) is 9.97 Å². The smallest absolute Gasteiger partial charge is 0.251 e. The number of imidazole rings is 1. The summed E-state index contributed by atoms with van der Waals surface area (Å²) in [5.41, 5.74) is 7.71. The molecule has 3 aromatic rings. The molecule has 0 unspecified atom stereocenters. The number of anilines is 1. The number of carbonyl (C=O) groups excluding carboxylic acids is 1. The van der Waals surface area contributed by atoms with Crippen molar-refractivity contribution in [3.63, 3.8) is 0 Å². The summed E-state index contributed by atoms with van der Waals surface area (Å²) in [5, 5.41) is 3.24. The predicted octanol–water partition coefficient (Wildman–Crippen LogP) is 2.98. The lowest BCUT2D eigenvalue weighted by atomic mass is 9.91. The molecule has 1 aliphatic rings. The fourth-order valence-corrected chi connectivity index (χ4v) is 3.88. The van der Waals surface area contributed by atoms with Crippen LogP contribution in [0.15, 0.2) is 30.6 Å². The van der Waals surface area contributed by atoms with Crippen LogP contribution in [-0.2, 0) is 0 Å². The standard InChI is InChI=1S/C19H21ClN6O2/c1-28-14-4-2-3-11(9-14)18(27)23-12-5-7-13(8-6-12)26-10-22-15-16(21)24-19(20)25-17(15)26/h2-4,9-10,12-13H,5-8H2,1H3,(H,23,27)(H2,21,24,25). The predicted molar refractivity (Wildman–Crippen MR) is 106 cm³/mol. The second kappa shape index (κ2) is 7.63. The Kier molecular flexibility index (Phi) is 5.04. The molecule has 146 valence electrons. The zero-order chi connectivity index (χ0) is 19.7. The molecule has 28 heavy (non-hydrogen) atoms. The molecule has 0 spiro atoms. The summed E-state index contributed by atoms with van der Waals surface area (Å²) in [6, 6.07) is 7.53. The Morgan fingerprint density at radius 1 is 1.29 bits per heavy atom. The van der Waals surface area contributed by atoms with Crippen molar-refractivity contribution in [2.45, 2.75) is 37.8 Å². The minimum atomic E-state index is -0.0808. The monoisotopic (exact) mass is 400 g/mol. The van der Waals surface area contributed by atoms with E-state index in [0.29, 0.717) is 22.5 Å². The number of aromatic nitrogens is 4. The number of fused-ring (bicyclic) bond motifs is 1. The van der Waals surface area contributed by atoms with Crippen LogP contribution in [0.2, 0.25) is 5.28 Å². The largest absolute Gasteiger partial charge is 0.497 e. The fourth-order valence-electron chi connectivity index (χ4n) is 3.71. The van der Waals surface area contributed by atoms with E-state index in [0.717, 1.165) is 25.7 Å². The van der Waals surface area contributed by atoms with E-state index in [1.54, 1.807) is 25.6 Å². The maximum atomic E-state index is 12.5. The van der Waals surface area contributed by atoms with Gasteiger partial charge in [0.15, 0.2) is 11.5 Å². The Morgan fingerprint density at radius 2 is 2.07 bits per heavy atom. The van der Waals surface area contributed by atoms with Crippen molar-refractivity contribution in [2.24, 2.45) is 0 Å². The summed E-state index contributed by atoms with van der Waals surface area (Å²) in [6.07, 6.45) is 5.28. The lowest BCUT2D eigenvalue weighted by Gasteiger charge is -2.30. The maximum absolute atomic E-state index is 12.5. The van der Waals surface area contributed by atoms with E-state index in [9.17, 15) is 4.79 Å². The molecule has 3 N–H and O–H groups in total. The summed E-state index contributed by atoms with van der Waals surface area (Å²) in [5.74, 6) is 0.874. The Hall–Kier alpha value is -2.87. The molecular weight excluding hydrogens is 380 g/mol. The first kappa shape index (κ1) is 18.5. The number of halogens is 1. The third-order valence-corrected chi connectivity index (χ3v) is 5.35. The maximum Gasteiger partial charge on any atom is 0.251 e. The SMILES string of the molecule is COc1cccc(C(=O)NC2CCC(n3cnc4c(N)nc(Cl)nc43)CC2)c1. The van der Waals surface area contributed by atoms with Crippen LogP contribution in [0.25, 0.3) is 11.2 Å². The fraction of sp³-hybridized carbons (Fsp3) is 0.368. The first-order chi connectivity index (χ1) is 13.5. The number of carbonyl (C=O) groups is 1. The molecule has 8 nitrogen and oxygen atoms in total. The highest BCUT2D eigenvalue weighted by Crippen LogP contribution is 2.32. The molecule has 1 amide bonds. The first-order valence-electron chi connectivity index (χ1n) is 9.15. The van der Waals surface area contributed by atoms with Gasteiger partial charge in [-0.1, -0.05) is 6.07 Å². The quantitative estimate of drug-likeness (QED) is 0.652. The molecular formula is C19H21ClN6O2. The zero-order valence-corrected chi connectivity index (χ0v) is 16.2. The van der Waals surface area contributed by atoms with Gasteiger partial charge >= 0.3 is 0 Å². The van der Waals surface area contributed by atoms with E-state index in [4.69, 9.17) is 22.1 Å². The van der Waals surface area contributed by atoms with E-state index in [2.05, 4.69) is 20.3 Å². The number of nitrogens with zero attached hydrogens (tertiary/aromatic N) is 4. The molecule has 1 aliphatic carbocycles. The molecule has 1 aromatic carbocycles. The minimum absolute atomic E-state index is 0.0808. The lowest BCUT2D eigenvalue weighted by molar-refractivity contribution is 0.0922. The van der Waals surface area contributed by atoms with Gasteiger partial charge in [-0.25, -0.2) is 4.98 Å². The third kappa shape index (κ3) is 3.60. The number of nitrogen functional groups attached to an aromatic ring is 1. The van der Waals surface area contributed by atoms with Crippen LogP contribution in [0, 0.1) is 0 Å². The Bertz CT molecular complexity index is 1010. The zero-order valence-electron chi connectivity index (χ0n) is 15.4. The van der Waals surface area contributed by atoms with Gasteiger partial charge in [-0.05, 0) is 55.5 Å². The van der Waals surface area contributed by atoms with Crippen molar-refractivity contribution in [3.05, 3.63) is 41.4 Å². The Morgan fingerprint density at radius 3 is 2.82 bits per heavy atom. The molecule has 2 aromatic heterocycles. The van der Waals surface area contributed by atoms with Gasteiger partial charge in [0.1, 0.15) is 11.3 Å². The van der Waals surface area contributed by atoms with Crippen LogP contribution in [0.3, 0.4) is 0 Å². The van der Waals surface area contributed by atoms with Crippen molar-refractivity contribution < 1.29 is 9.53 Å². The molecule has 1 fully saturated rings. The first-order valence-corrected chi connectivity index (χ1v) is 9.53. The van der Waals surface area contributed by atoms with Crippen molar-refractivity contribution in [1.82, 2.24) is 24.8 Å². The van der Waals surface area contributed by atoms with E-state index in [1.165, 1.54) is 0 Å². The van der Waals surface area contributed by atoms with E-state index < -0.39 is 0 Å². The van der Waals surface area contributed by atoms with Gasteiger partial charge in [0.2, 0.25) is 5.28 Å². The van der Waals surface area contributed by atoms with Crippen LogP contribution < -0.4 is 15.8 Å². The normalized spacial score (nSPS) is 19.5. The molecule has 0 aliphatic heterocycles. The second-order valence-corrected chi connectivity index (χ2v) is 7.25. The van der Waals surface area contributed by atoms with E-state index in [1.807, 2.05) is 16.7 Å². The van der Waals surface area contributed by atoms with Crippen molar-refractivity contribution in [3.8, 4) is 5.75 Å². The molecule has 9 heteroatoms. The highest BCUT2D eigenvalue weighted by atomic mass is 35.5. The number of ether oxygens (including phenoxy) is 1. The molecule has 0 atom stereocenters. The number of rotatable bonds is 4. The average molecular weight is 401 g/mol. The molecule has 1 saturated carbocycles. The summed E-state index contributed by atoms with van der Waals surface area (Å²) in [4.78, 5) is 25.1. The summed E-state index contributed by atoms with van der Waals surface area (Å²) < 4.78 is 7.20. The number of nitrogens with one attached hydrogen (secondary N) is 1. The van der Waals surface area contributed by atoms with Crippen LogP contribution in [0.5, 0.6) is 5.75 Å². The molecule has 2 heterocycles. The average Bonchev–Trinajstić information content (AvgIpc) is 3.12. The number of nitrogens with two attached hydrogens (primary N) is 1. The highest BCUT2D eigenvalue weighted by molar-refractivity contribution is 6.28. The molecule has 0 radical (unpaired) electrons.